The lowest BCUT2D eigenvalue weighted by Gasteiger charge is -2.12. The van der Waals surface area contributed by atoms with E-state index in [9.17, 15) is 10.1 Å². The molecule has 3 rings (SSSR count). The van der Waals surface area contributed by atoms with Gasteiger partial charge in [-0.15, -0.1) is 0 Å². The smallest absolute Gasteiger partial charge is 0.271 e. The fourth-order valence-corrected chi connectivity index (χ4v) is 4.11. The van der Waals surface area contributed by atoms with Crippen LogP contribution in [-0.2, 0) is 6.61 Å². The Morgan fingerprint density at radius 1 is 1.13 bits per heavy atom. The summed E-state index contributed by atoms with van der Waals surface area (Å²) in [4.78, 5) is 12.1. The molecule has 150 valence electrons. The fourth-order valence-electron chi connectivity index (χ4n) is 2.53. The molecule has 0 unspecified atom stereocenters. The average molecular weight is 548 g/mol. The second-order valence-corrected chi connectivity index (χ2v) is 8.22. The van der Waals surface area contributed by atoms with Gasteiger partial charge in [0, 0.05) is 16.1 Å². The lowest BCUT2D eigenvalue weighted by molar-refractivity contribution is 0.0955. The monoisotopic (exact) mass is 545 g/mol. The van der Waals surface area contributed by atoms with Gasteiger partial charge in [-0.05, 0) is 79.9 Å². The topological polar surface area (TPSA) is 74.5 Å². The molecule has 0 atom stereocenters. The number of hydrogen-bond acceptors (Lipinski definition) is 4. The Hall–Kier alpha value is -2.66. The molecule has 5 nitrogen and oxygen atoms in total. The van der Waals surface area contributed by atoms with Gasteiger partial charge in [0.15, 0.2) is 0 Å². The lowest BCUT2D eigenvalue weighted by Crippen LogP contribution is -2.17. The van der Waals surface area contributed by atoms with Crippen molar-refractivity contribution in [3.63, 3.8) is 0 Å². The number of rotatable bonds is 6. The molecule has 0 aliphatic carbocycles. The van der Waals surface area contributed by atoms with Crippen LogP contribution in [-0.4, -0.2) is 12.1 Å². The number of nitrogens with one attached hydrogen (secondary N) is 1. The van der Waals surface area contributed by atoms with Gasteiger partial charge >= 0.3 is 0 Å². The van der Waals surface area contributed by atoms with Crippen molar-refractivity contribution in [1.82, 2.24) is 5.43 Å². The number of carbonyl (C=O) groups excluding carboxylic acids is 1. The first-order valence-corrected chi connectivity index (χ1v) is 10.6. The SMILES string of the molecule is N#Cc1ccccc1COc1c(Br)cc(/C=N\NC(=O)c2ccc(Cl)cc2)cc1Br. The van der Waals surface area contributed by atoms with E-state index in [1.807, 2.05) is 30.3 Å². The highest BCUT2D eigenvalue weighted by Gasteiger charge is 2.10. The van der Waals surface area contributed by atoms with Crippen LogP contribution in [0.15, 0.2) is 74.7 Å². The predicted octanol–water partition coefficient (Wildman–Crippen LogP) is 6.08. The molecule has 8 heteroatoms. The summed E-state index contributed by atoms with van der Waals surface area (Å²) in [6.45, 7) is 0.255. The molecule has 3 aromatic rings. The molecular formula is C22H14Br2ClN3O2. The molecule has 1 amide bonds. The molecule has 0 aliphatic rings. The Morgan fingerprint density at radius 3 is 2.47 bits per heavy atom. The van der Waals surface area contributed by atoms with Crippen molar-refractivity contribution in [3.05, 3.63) is 96.9 Å². The molecule has 30 heavy (non-hydrogen) atoms. The van der Waals surface area contributed by atoms with Crippen LogP contribution in [0.4, 0.5) is 0 Å². The molecule has 0 spiro atoms. The van der Waals surface area contributed by atoms with Crippen LogP contribution in [0.3, 0.4) is 0 Å². The molecule has 0 saturated heterocycles. The molecule has 3 aromatic carbocycles. The van der Waals surface area contributed by atoms with E-state index in [1.165, 1.54) is 6.21 Å². The molecule has 0 bridgehead atoms. The molecule has 0 saturated carbocycles. The predicted molar refractivity (Wildman–Crippen MR) is 124 cm³/mol. The van der Waals surface area contributed by atoms with E-state index < -0.39 is 0 Å². The van der Waals surface area contributed by atoms with Gasteiger partial charge in [-0.2, -0.15) is 10.4 Å². The van der Waals surface area contributed by atoms with Crippen LogP contribution < -0.4 is 10.2 Å². The molecule has 0 radical (unpaired) electrons. The number of amides is 1. The van der Waals surface area contributed by atoms with Crippen molar-refractivity contribution in [3.8, 4) is 11.8 Å². The Morgan fingerprint density at radius 2 is 1.80 bits per heavy atom. The lowest BCUT2D eigenvalue weighted by atomic mass is 10.1. The van der Waals surface area contributed by atoms with E-state index in [2.05, 4.69) is 48.5 Å². The van der Waals surface area contributed by atoms with Crippen molar-refractivity contribution in [2.75, 3.05) is 0 Å². The van der Waals surface area contributed by atoms with Crippen molar-refractivity contribution < 1.29 is 9.53 Å². The van der Waals surface area contributed by atoms with E-state index in [0.29, 0.717) is 30.8 Å². The normalized spacial score (nSPS) is 10.6. The number of benzene rings is 3. The zero-order valence-electron chi connectivity index (χ0n) is 15.4. The van der Waals surface area contributed by atoms with Crippen LogP contribution >= 0.6 is 43.5 Å². The summed E-state index contributed by atoms with van der Waals surface area (Å²) < 4.78 is 7.30. The average Bonchev–Trinajstić information content (AvgIpc) is 2.74. The molecule has 0 aromatic heterocycles. The van der Waals surface area contributed by atoms with Gasteiger partial charge in [-0.3, -0.25) is 4.79 Å². The van der Waals surface area contributed by atoms with E-state index in [-0.39, 0.29) is 12.5 Å². The maximum absolute atomic E-state index is 12.1. The summed E-state index contributed by atoms with van der Waals surface area (Å²) in [5.41, 5.74) is 5.05. The zero-order valence-corrected chi connectivity index (χ0v) is 19.3. The highest BCUT2D eigenvalue weighted by atomic mass is 79.9. The van der Waals surface area contributed by atoms with Crippen LogP contribution in [0.2, 0.25) is 5.02 Å². The van der Waals surface area contributed by atoms with Crippen molar-refractivity contribution in [2.45, 2.75) is 6.61 Å². The number of carbonyl (C=O) groups is 1. The van der Waals surface area contributed by atoms with Crippen molar-refractivity contribution >= 4 is 55.6 Å². The van der Waals surface area contributed by atoms with Gasteiger partial charge in [-0.25, -0.2) is 5.43 Å². The third-order valence-corrected chi connectivity index (χ3v) is 5.45. The summed E-state index contributed by atoms with van der Waals surface area (Å²) in [7, 11) is 0. The van der Waals surface area contributed by atoms with Gasteiger partial charge in [0.25, 0.3) is 5.91 Å². The van der Waals surface area contributed by atoms with Crippen molar-refractivity contribution in [1.29, 1.82) is 5.26 Å². The molecule has 0 aliphatic heterocycles. The standard InChI is InChI=1S/C22H14Br2ClN3O2/c23-19-9-14(12-27-28-22(29)15-5-7-18(25)8-6-15)10-20(24)21(19)30-13-17-4-2-1-3-16(17)11-26/h1-10,12H,13H2,(H,28,29)/b27-12-. The fraction of sp³-hybridized carbons (Fsp3) is 0.0455. The molecule has 0 heterocycles. The van der Waals surface area contributed by atoms with Gasteiger partial charge in [0.1, 0.15) is 12.4 Å². The highest BCUT2D eigenvalue weighted by Crippen LogP contribution is 2.35. The summed E-state index contributed by atoms with van der Waals surface area (Å²) in [5.74, 6) is 0.266. The molecule has 0 fully saturated rings. The number of nitrogens with zero attached hydrogens (tertiary/aromatic N) is 2. The minimum Gasteiger partial charge on any atom is -0.486 e. The zero-order chi connectivity index (χ0) is 21.5. The quantitative estimate of drug-likeness (QED) is 0.300. The maximum Gasteiger partial charge on any atom is 0.271 e. The first-order chi connectivity index (χ1) is 14.5. The van der Waals surface area contributed by atoms with Crippen LogP contribution in [0.25, 0.3) is 0 Å². The Labute approximate surface area is 195 Å². The summed E-state index contributed by atoms with van der Waals surface area (Å²) in [6, 6.07) is 19.6. The summed E-state index contributed by atoms with van der Waals surface area (Å²) in [6.07, 6.45) is 1.53. The number of nitriles is 1. The third-order valence-electron chi connectivity index (χ3n) is 4.02. The van der Waals surface area contributed by atoms with Crippen LogP contribution in [0, 0.1) is 11.3 Å². The third kappa shape index (κ3) is 5.70. The van der Waals surface area contributed by atoms with E-state index >= 15 is 0 Å². The minimum absolute atomic E-state index is 0.255. The maximum atomic E-state index is 12.1. The Bertz CT molecular complexity index is 1120. The number of halogens is 3. The van der Waals surface area contributed by atoms with Crippen LogP contribution in [0.1, 0.15) is 27.0 Å². The second-order valence-electron chi connectivity index (χ2n) is 6.08. The molecular weight excluding hydrogens is 534 g/mol. The van der Waals surface area contributed by atoms with Crippen LogP contribution in [0.5, 0.6) is 5.75 Å². The molecule has 1 N–H and O–H groups in total. The number of ether oxygens (including phenoxy) is 1. The van der Waals surface area contributed by atoms with E-state index in [4.69, 9.17) is 16.3 Å². The Kier molecular flexibility index (Phi) is 7.63. The minimum atomic E-state index is -0.336. The van der Waals surface area contributed by atoms with Gasteiger partial charge < -0.3 is 4.74 Å². The largest absolute Gasteiger partial charge is 0.486 e. The second kappa shape index (κ2) is 10.4. The Balaban J connectivity index is 1.66. The highest BCUT2D eigenvalue weighted by molar-refractivity contribution is 9.11. The first-order valence-electron chi connectivity index (χ1n) is 8.66. The van der Waals surface area contributed by atoms with Crippen molar-refractivity contribution in [2.24, 2.45) is 5.10 Å². The van der Waals surface area contributed by atoms with E-state index in [1.54, 1.807) is 30.3 Å². The van der Waals surface area contributed by atoms with Gasteiger partial charge in [0.05, 0.1) is 26.8 Å². The number of hydrazone groups is 1. The first kappa shape index (κ1) is 22.0. The van der Waals surface area contributed by atoms with E-state index in [0.717, 1.165) is 11.1 Å². The summed E-state index contributed by atoms with van der Waals surface area (Å²) >= 11 is 12.8. The summed E-state index contributed by atoms with van der Waals surface area (Å²) in [5, 5.41) is 13.7. The van der Waals surface area contributed by atoms with Gasteiger partial charge in [0.2, 0.25) is 0 Å². The van der Waals surface area contributed by atoms with Gasteiger partial charge in [-0.1, -0.05) is 29.8 Å². The number of hydrogen-bond donors (Lipinski definition) is 1.